The Morgan fingerprint density at radius 3 is 2.52 bits per heavy atom. The van der Waals surface area contributed by atoms with E-state index in [1.54, 1.807) is 12.0 Å². The average Bonchev–Trinajstić information content (AvgIpc) is 3.12. The van der Waals surface area contributed by atoms with E-state index in [-0.39, 0.29) is 17.8 Å². The number of carbonyl (C=O) groups excluding carboxylic acids is 3. The number of hydrogen-bond acceptors (Lipinski definition) is 4. The van der Waals surface area contributed by atoms with Gasteiger partial charge in [0, 0.05) is 50.4 Å². The van der Waals surface area contributed by atoms with Gasteiger partial charge in [0.25, 0.3) is 11.8 Å². The van der Waals surface area contributed by atoms with Crippen molar-refractivity contribution in [1.29, 1.82) is 0 Å². The number of aromatic nitrogens is 1. The van der Waals surface area contributed by atoms with Crippen LogP contribution < -0.4 is 5.32 Å². The van der Waals surface area contributed by atoms with Crippen LogP contribution >= 0.6 is 0 Å². The van der Waals surface area contributed by atoms with Crippen LogP contribution in [0.5, 0.6) is 0 Å². The molecule has 0 bridgehead atoms. The van der Waals surface area contributed by atoms with Crippen molar-refractivity contribution in [2.24, 2.45) is 0 Å². The average molecular weight is 398 g/mol. The Kier molecular flexibility index (Phi) is 4.82. The number of fused-ring (bicyclic) bond motifs is 1. The summed E-state index contributed by atoms with van der Waals surface area (Å²) in [6, 6.07) is 7.52. The molecule has 29 heavy (non-hydrogen) atoms. The molecule has 2 fully saturated rings. The lowest BCUT2D eigenvalue weighted by Crippen LogP contribution is -2.55. The summed E-state index contributed by atoms with van der Waals surface area (Å²) >= 11 is 0. The number of rotatable bonds is 4. The van der Waals surface area contributed by atoms with Crippen LogP contribution in [0, 0.1) is 6.92 Å². The molecule has 0 aliphatic carbocycles. The van der Waals surface area contributed by atoms with Gasteiger partial charge in [0.1, 0.15) is 5.54 Å². The molecule has 2 aliphatic heterocycles. The molecule has 0 radical (unpaired) electrons. The Morgan fingerprint density at radius 1 is 1.21 bits per heavy atom. The van der Waals surface area contributed by atoms with E-state index < -0.39 is 5.54 Å². The maximum Gasteiger partial charge on any atom is 0.324 e. The van der Waals surface area contributed by atoms with Crippen molar-refractivity contribution in [1.82, 2.24) is 19.7 Å². The maximum absolute atomic E-state index is 13.4. The number of amides is 4. The molecular weight excluding hydrogens is 372 g/mol. The Morgan fingerprint density at radius 2 is 1.90 bits per heavy atom. The lowest BCUT2D eigenvalue weighted by molar-refractivity contribution is -0.131. The first kappa shape index (κ1) is 19.4. The Balaban J connectivity index is 1.60. The van der Waals surface area contributed by atoms with Crippen molar-refractivity contribution in [3.05, 3.63) is 35.5 Å². The summed E-state index contributed by atoms with van der Waals surface area (Å²) in [4.78, 5) is 40.7. The smallest absolute Gasteiger partial charge is 0.324 e. The SMILES string of the molecule is COCCn1c(C)c(C(=O)N2CCC3(CC2)NC(=O)N(C)C3=O)c2ccccc21. The van der Waals surface area contributed by atoms with Crippen LogP contribution in [0.4, 0.5) is 4.79 Å². The first-order valence-electron chi connectivity index (χ1n) is 9.86. The van der Waals surface area contributed by atoms with Crippen molar-refractivity contribution < 1.29 is 19.1 Å². The zero-order valence-corrected chi connectivity index (χ0v) is 17.0. The number of urea groups is 1. The van der Waals surface area contributed by atoms with E-state index in [1.165, 1.54) is 7.05 Å². The van der Waals surface area contributed by atoms with Crippen LogP contribution in [-0.2, 0) is 16.1 Å². The molecular formula is C21H26N4O4. The van der Waals surface area contributed by atoms with E-state index in [2.05, 4.69) is 9.88 Å². The van der Waals surface area contributed by atoms with Crippen LogP contribution in [0.1, 0.15) is 28.9 Å². The normalized spacial score (nSPS) is 18.7. The van der Waals surface area contributed by atoms with Gasteiger partial charge in [0.2, 0.25) is 0 Å². The minimum atomic E-state index is -0.871. The van der Waals surface area contributed by atoms with Gasteiger partial charge in [-0.2, -0.15) is 0 Å². The number of methoxy groups -OCH3 is 1. The Hall–Kier alpha value is -2.87. The van der Waals surface area contributed by atoms with Gasteiger partial charge in [-0.05, 0) is 25.8 Å². The minimum absolute atomic E-state index is 0.0326. The number of nitrogens with one attached hydrogen (secondary N) is 1. The monoisotopic (exact) mass is 398 g/mol. The molecule has 154 valence electrons. The molecule has 1 aromatic heterocycles. The summed E-state index contributed by atoms with van der Waals surface area (Å²) in [6.45, 7) is 4.05. The largest absolute Gasteiger partial charge is 0.383 e. The van der Waals surface area contributed by atoms with Gasteiger partial charge < -0.3 is 19.5 Å². The van der Waals surface area contributed by atoms with Crippen molar-refractivity contribution >= 4 is 28.7 Å². The highest BCUT2D eigenvalue weighted by molar-refractivity contribution is 6.09. The third kappa shape index (κ3) is 2.98. The minimum Gasteiger partial charge on any atom is -0.383 e. The number of ether oxygens (including phenoxy) is 1. The van der Waals surface area contributed by atoms with E-state index in [9.17, 15) is 14.4 Å². The maximum atomic E-state index is 13.4. The van der Waals surface area contributed by atoms with E-state index >= 15 is 0 Å². The van der Waals surface area contributed by atoms with Gasteiger partial charge in [-0.15, -0.1) is 0 Å². The first-order valence-corrected chi connectivity index (χ1v) is 9.86. The summed E-state index contributed by atoms with van der Waals surface area (Å²) in [5.74, 6) is -0.239. The van der Waals surface area contributed by atoms with Gasteiger partial charge in [0.15, 0.2) is 0 Å². The number of likely N-dealkylation sites (N-methyl/N-ethyl adjacent to an activating group) is 1. The van der Waals surface area contributed by atoms with Crippen LogP contribution in [-0.4, -0.2) is 71.6 Å². The van der Waals surface area contributed by atoms with E-state index in [0.29, 0.717) is 44.6 Å². The summed E-state index contributed by atoms with van der Waals surface area (Å²) < 4.78 is 7.35. The molecule has 4 amide bonds. The molecule has 1 aromatic carbocycles. The van der Waals surface area contributed by atoms with Crippen LogP contribution in [0.25, 0.3) is 10.9 Å². The molecule has 2 saturated heterocycles. The van der Waals surface area contributed by atoms with Crippen LogP contribution in [0.3, 0.4) is 0 Å². The lowest BCUT2D eigenvalue weighted by atomic mass is 9.87. The molecule has 0 atom stereocenters. The molecule has 2 aliphatic rings. The van der Waals surface area contributed by atoms with Crippen molar-refractivity contribution in [3.8, 4) is 0 Å². The second kappa shape index (κ2) is 7.18. The molecule has 0 saturated carbocycles. The molecule has 0 unspecified atom stereocenters. The van der Waals surface area contributed by atoms with Gasteiger partial charge in [0.05, 0.1) is 12.2 Å². The van der Waals surface area contributed by atoms with Crippen molar-refractivity contribution in [2.45, 2.75) is 31.8 Å². The van der Waals surface area contributed by atoms with Gasteiger partial charge >= 0.3 is 6.03 Å². The summed E-state index contributed by atoms with van der Waals surface area (Å²) in [5.41, 5.74) is 1.76. The third-order valence-electron chi connectivity index (χ3n) is 6.23. The fourth-order valence-corrected chi connectivity index (χ4v) is 4.52. The zero-order valence-electron chi connectivity index (χ0n) is 17.0. The van der Waals surface area contributed by atoms with Gasteiger partial charge in [-0.25, -0.2) is 4.79 Å². The zero-order chi connectivity index (χ0) is 20.8. The molecule has 8 nitrogen and oxygen atoms in total. The summed E-state index contributed by atoms with van der Waals surface area (Å²) in [6.07, 6.45) is 0.851. The number of para-hydroxylation sites is 1. The lowest BCUT2D eigenvalue weighted by Gasteiger charge is -2.37. The van der Waals surface area contributed by atoms with E-state index in [4.69, 9.17) is 4.74 Å². The number of piperidine rings is 1. The highest BCUT2D eigenvalue weighted by atomic mass is 16.5. The van der Waals surface area contributed by atoms with Crippen LogP contribution in [0.15, 0.2) is 24.3 Å². The quantitative estimate of drug-likeness (QED) is 0.796. The summed E-state index contributed by atoms with van der Waals surface area (Å²) in [7, 11) is 3.15. The topological polar surface area (TPSA) is 83.9 Å². The van der Waals surface area contributed by atoms with E-state index in [0.717, 1.165) is 21.5 Å². The number of benzene rings is 1. The Labute approximate surface area is 169 Å². The molecule has 2 aromatic rings. The number of nitrogens with zero attached hydrogens (tertiary/aromatic N) is 3. The number of carbonyl (C=O) groups is 3. The fourth-order valence-electron chi connectivity index (χ4n) is 4.52. The van der Waals surface area contributed by atoms with Crippen molar-refractivity contribution in [2.75, 3.05) is 33.9 Å². The molecule has 4 rings (SSSR count). The number of imide groups is 1. The van der Waals surface area contributed by atoms with Crippen molar-refractivity contribution in [3.63, 3.8) is 0 Å². The predicted octanol–water partition coefficient (Wildman–Crippen LogP) is 1.75. The predicted molar refractivity (Wildman–Crippen MR) is 108 cm³/mol. The standard InChI is InChI=1S/C21H26N4O4/c1-14-17(15-6-4-5-7-16(15)25(14)12-13-29-3)18(26)24-10-8-21(9-11-24)19(27)23(2)20(28)22-21/h4-7H,8-13H2,1-3H3,(H,22,28). The fraction of sp³-hybridized carbons (Fsp3) is 0.476. The van der Waals surface area contributed by atoms with Gasteiger partial charge in [-0.1, -0.05) is 18.2 Å². The number of likely N-dealkylation sites (tertiary alicyclic amines) is 1. The molecule has 3 heterocycles. The molecule has 1 spiro atoms. The highest BCUT2D eigenvalue weighted by Crippen LogP contribution is 2.32. The summed E-state index contributed by atoms with van der Waals surface area (Å²) in [5, 5.41) is 3.74. The Bertz CT molecular complexity index is 988. The number of hydrogen-bond donors (Lipinski definition) is 1. The van der Waals surface area contributed by atoms with Gasteiger partial charge in [-0.3, -0.25) is 14.5 Å². The second-order valence-corrected chi connectivity index (χ2v) is 7.79. The third-order valence-corrected chi connectivity index (χ3v) is 6.23. The second-order valence-electron chi connectivity index (χ2n) is 7.79. The highest BCUT2D eigenvalue weighted by Gasteiger charge is 2.51. The first-order chi connectivity index (χ1) is 13.9. The van der Waals surface area contributed by atoms with E-state index in [1.807, 2.05) is 31.2 Å². The molecule has 1 N–H and O–H groups in total. The molecule has 8 heteroatoms. The van der Waals surface area contributed by atoms with Crippen LogP contribution in [0.2, 0.25) is 0 Å².